The number of aromatic nitrogens is 4. The molecule has 0 spiro atoms. The summed E-state index contributed by atoms with van der Waals surface area (Å²) in [6, 6.07) is 3.21. The van der Waals surface area contributed by atoms with Crippen molar-refractivity contribution in [2.24, 2.45) is 10.7 Å². The minimum Gasteiger partial charge on any atom is -0.489 e. The summed E-state index contributed by atoms with van der Waals surface area (Å²) in [4.78, 5) is 22.2. The van der Waals surface area contributed by atoms with Gasteiger partial charge in [-0.25, -0.2) is 9.67 Å². The van der Waals surface area contributed by atoms with Crippen molar-refractivity contribution in [1.82, 2.24) is 25.1 Å². The number of carbonyl (C=O) groups is 1. The average molecular weight is 432 g/mol. The Kier molecular flexibility index (Phi) is 6.69. The molecule has 0 aliphatic heterocycles. The molecule has 0 bridgehead atoms. The number of H-pyrrole nitrogens is 1. The number of rotatable bonds is 5. The van der Waals surface area contributed by atoms with Crippen molar-refractivity contribution >= 4 is 35.2 Å². The predicted molar refractivity (Wildman–Crippen MR) is 101 cm³/mol. The van der Waals surface area contributed by atoms with E-state index in [1.54, 1.807) is 0 Å². The second-order valence-corrected chi connectivity index (χ2v) is 5.65. The summed E-state index contributed by atoms with van der Waals surface area (Å²) in [5.74, 6) is -0.718. The summed E-state index contributed by atoms with van der Waals surface area (Å²) in [7, 11) is 1.36. The number of carbonyl (C=O) groups excluding carboxylic acids is 1. The zero-order valence-electron chi connectivity index (χ0n) is 15.0. The number of nitrogens with one attached hydrogen (secondary N) is 2. The van der Waals surface area contributed by atoms with Gasteiger partial charge < -0.3 is 15.5 Å². The van der Waals surface area contributed by atoms with Gasteiger partial charge in [0, 0.05) is 12.4 Å². The largest absolute Gasteiger partial charge is 0.489 e. The Labute approximate surface area is 168 Å². The maximum absolute atomic E-state index is 13.3. The van der Waals surface area contributed by atoms with E-state index in [1.807, 2.05) is 0 Å². The van der Waals surface area contributed by atoms with E-state index < -0.39 is 17.6 Å². The van der Waals surface area contributed by atoms with Gasteiger partial charge in [-0.2, -0.15) is 18.3 Å². The second kappa shape index (κ2) is 8.82. The van der Waals surface area contributed by atoms with E-state index in [0.29, 0.717) is 6.54 Å². The standard InChI is InChI=1S/C16H16F3N7O2.ClH/c1-21-15(20)25-14(27)11-6-9-10(16(17,18)19)2-3-12(13(9)24-11)28-5-4-26-8-22-7-23-26;/h2-3,6-8,24H,4-5H2,1H3,(H3,20,21,25,27);1H. The number of hydrogen-bond acceptors (Lipinski definition) is 5. The van der Waals surface area contributed by atoms with Crippen molar-refractivity contribution in [2.75, 3.05) is 13.7 Å². The van der Waals surface area contributed by atoms with Crippen molar-refractivity contribution < 1.29 is 22.7 Å². The van der Waals surface area contributed by atoms with E-state index in [2.05, 4.69) is 25.4 Å². The Morgan fingerprint density at radius 1 is 1.41 bits per heavy atom. The number of amides is 1. The number of alkyl halides is 3. The number of ether oxygens (including phenoxy) is 1. The van der Waals surface area contributed by atoms with Crippen molar-refractivity contribution in [3.63, 3.8) is 0 Å². The number of nitrogens with two attached hydrogens (primary N) is 1. The molecule has 1 aromatic carbocycles. The van der Waals surface area contributed by atoms with E-state index >= 15 is 0 Å². The first-order chi connectivity index (χ1) is 13.3. The predicted octanol–water partition coefficient (Wildman–Crippen LogP) is 1.95. The lowest BCUT2D eigenvalue weighted by Crippen LogP contribution is -2.36. The fourth-order valence-electron chi connectivity index (χ4n) is 2.52. The van der Waals surface area contributed by atoms with Crippen molar-refractivity contribution in [1.29, 1.82) is 0 Å². The van der Waals surface area contributed by atoms with Crippen molar-refractivity contribution in [3.8, 4) is 5.75 Å². The number of nitrogens with zero attached hydrogens (tertiary/aromatic N) is 4. The monoisotopic (exact) mass is 431 g/mol. The maximum atomic E-state index is 13.3. The Hall–Kier alpha value is -3.28. The quantitative estimate of drug-likeness (QED) is 0.421. The number of benzene rings is 1. The smallest absolute Gasteiger partial charge is 0.417 e. The second-order valence-electron chi connectivity index (χ2n) is 5.65. The number of hydrogen-bond donors (Lipinski definition) is 3. The van der Waals surface area contributed by atoms with Crippen LogP contribution < -0.4 is 15.8 Å². The fourth-order valence-corrected chi connectivity index (χ4v) is 2.52. The molecule has 0 aliphatic carbocycles. The van der Waals surface area contributed by atoms with Gasteiger partial charge in [-0.3, -0.25) is 15.1 Å². The normalized spacial score (nSPS) is 11.9. The fraction of sp³-hybridized carbons (Fsp3) is 0.250. The number of guanidine groups is 1. The summed E-state index contributed by atoms with van der Waals surface area (Å²) in [5.41, 5.74) is 4.48. The zero-order valence-corrected chi connectivity index (χ0v) is 15.8. The lowest BCUT2D eigenvalue weighted by molar-refractivity contribution is -0.136. The molecule has 29 heavy (non-hydrogen) atoms. The molecular formula is C16H17ClF3N7O2. The molecule has 0 unspecified atom stereocenters. The van der Waals surface area contributed by atoms with Crippen LogP contribution in [0.15, 0.2) is 35.8 Å². The highest BCUT2D eigenvalue weighted by Crippen LogP contribution is 2.38. The minimum atomic E-state index is -4.60. The van der Waals surface area contributed by atoms with Gasteiger partial charge in [0.2, 0.25) is 0 Å². The lowest BCUT2D eigenvalue weighted by Gasteiger charge is -2.12. The van der Waals surface area contributed by atoms with Gasteiger partial charge in [-0.1, -0.05) is 0 Å². The van der Waals surface area contributed by atoms with Crippen LogP contribution in [0.3, 0.4) is 0 Å². The molecule has 156 valence electrons. The summed E-state index contributed by atoms with van der Waals surface area (Å²) in [6.07, 6.45) is -1.75. The first-order valence-electron chi connectivity index (χ1n) is 8.01. The summed E-state index contributed by atoms with van der Waals surface area (Å²) < 4.78 is 47.2. The molecule has 1 amide bonds. The molecule has 4 N–H and O–H groups in total. The Bertz CT molecular complexity index is 1020. The van der Waals surface area contributed by atoms with E-state index in [-0.39, 0.29) is 47.3 Å². The molecule has 2 aromatic heterocycles. The van der Waals surface area contributed by atoms with Crippen LogP contribution in [0.25, 0.3) is 10.9 Å². The van der Waals surface area contributed by atoms with Gasteiger partial charge in [0.25, 0.3) is 5.91 Å². The van der Waals surface area contributed by atoms with E-state index in [9.17, 15) is 18.0 Å². The highest BCUT2D eigenvalue weighted by molar-refractivity contribution is 6.07. The molecule has 0 saturated heterocycles. The maximum Gasteiger partial charge on any atom is 0.417 e. The van der Waals surface area contributed by atoms with Crippen LogP contribution in [0.5, 0.6) is 5.75 Å². The van der Waals surface area contributed by atoms with Gasteiger partial charge in [0.1, 0.15) is 30.7 Å². The van der Waals surface area contributed by atoms with Crippen molar-refractivity contribution in [3.05, 3.63) is 42.1 Å². The molecule has 3 rings (SSSR count). The Morgan fingerprint density at radius 3 is 2.79 bits per heavy atom. The molecule has 2 heterocycles. The number of aromatic amines is 1. The third kappa shape index (κ3) is 4.96. The van der Waals surface area contributed by atoms with Crippen LogP contribution >= 0.6 is 12.4 Å². The molecular weight excluding hydrogens is 415 g/mol. The Morgan fingerprint density at radius 2 is 2.17 bits per heavy atom. The first kappa shape index (κ1) is 22.0. The molecule has 0 saturated carbocycles. The average Bonchev–Trinajstić information content (AvgIpc) is 3.30. The zero-order chi connectivity index (χ0) is 20.3. The van der Waals surface area contributed by atoms with Gasteiger partial charge >= 0.3 is 6.18 Å². The third-order valence-electron chi connectivity index (χ3n) is 3.83. The van der Waals surface area contributed by atoms with Gasteiger partial charge in [0.05, 0.1) is 17.6 Å². The topological polar surface area (TPSA) is 123 Å². The van der Waals surface area contributed by atoms with E-state index in [4.69, 9.17) is 10.5 Å². The highest BCUT2D eigenvalue weighted by Gasteiger charge is 2.34. The first-order valence-corrected chi connectivity index (χ1v) is 8.01. The Balaban J connectivity index is 0.00000300. The lowest BCUT2D eigenvalue weighted by atomic mass is 10.1. The van der Waals surface area contributed by atoms with Crippen LogP contribution in [0, 0.1) is 0 Å². The van der Waals surface area contributed by atoms with E-state index in [1.165, 1.54) is 30.5 Å². The summed E-state index contributed by atoms with van der Waals surface area (Å²) >= 11 is 0. The number of halogens is 4. The molecule has 9 nitrogen and oxygen atoms in total. The van der Waals surface area contributed by atoms with Crippen molar-refractivity contribution in [2.45, 2.75) is 12.7 Å². The molecule has 0 atom stereocenters. The van der Waals surface area contributed by atoms with Gasteiger partial charge in [-0.05, 0) is 18.2 Å². The summed E-state index contributed by atoms with van der Waals surface area (Å²) in [6.45, 7) is 0.486. The van der Waals surface area contributed by atoms with Crippen LogP contribution in [-0.2, 0) is 12.7 Å². The van der Waals surface area contributed by atoms with Gasteiger partial charge in [0.15, 0.2) is 5.96 Å². The van der Waals surface area contributed by atoms with E-state index in [0.717, 1.165) is 12.1 Å². The van der Waals surface area contributed by atoms with Crippen LogP contribution in [0.1, 0.15) is 16.1 Å². The molecule has 0 fully saturated rings. The SMILES string of the molecule is CN=C(N)NC(=O)c1cc2c(C(F)(F)F)ccc(OCCn3cncn3)c2[nH]1.Cl. The van der Waals surface area contributed by atoms with Gasteiger partial charge in [-0.15, -0.1) is 12.4 Å². The van der Waals surface area contributed by atoms with Crippen LogP contribution in [0.2, 0.25) is 0 Å². The minimum absolute atomic E-state index is 0. The third-order valence-corrected chi connectivity index (χ3v) is 3.83. The van der Waals surface area contributed by atoms with Crippen LogP contribution in [0.4, 0.5) is 13.2 Å². The highest BCUT2D eigenvalue weighted by atomic mass is 35.5. The summed E-state index contributed by atoms with van der Waals surface area (Å²) in [5, 5.41) is 5.98. The molecule has 0 aliphatic rings. The number of fused-ring (bicyclic) bond motifs is 1. The van der Waals surface area contributed by atoms with Crippen LogP contribution in [-0.4, -0.2) is 45.3 Å². The molecule has 13 heteroatoms. The number of aliphatic imine (C=N–C) groups is 1. The molecule has 3 aromatic rings. The molecule has 0 radical (unpaired) electrons.